The maximum Gasteiger partial charge on any atom is 0.263 e. The second-order valence-corrected chi connectivity index (χ2v) is 9.13. The number of carbonyl (C=O) groups is 1. The van der Waals surface area contributed by atoms with Crippen LogP contribution in [0, 0.1) is 5.92 Å². The third-order valence-corrected chi connectivity index (χ3v) is 5.91. The highest BCUT2D eigenvalue weighted by atomic mass is 32.2. The monoisotopic (exact) mass is 417 g/mol. The lowest BCUT2D eigenvalue weighted by molar-refractivity contribution is -0.116. The van der Waals surface area contributed by atoms with Crippen molar-refractivity contribution in [1.29, 1.82) is 0 Å². The van der Waals surface area contributed by atoms with Crippen LogP contribution in [-0.2, 0) is 21.4 Å². The number of nitrogens with one attached hydrogen (secondary N) is 2. The number of amides is 1. The summed E-state index contributed by atoms with van der Waals surface area (Å²) in [6.45, 7) is 5.47. The number of carbonyl (C=O) groups excluding carboxylic acids is 1. The first-order valence-electron chi connectivity index (χ1n) is 9.85. The fourth-order valence-electron chi connectivity index (χ4n) is 3.15. The van der Waals surface area contributed by atoms with E-state index in [-0.39, 0.29) is 10.8 Å². The van der Waals surface area contributed by atoms with E-state index in [1.165, 1.54) is 0 Å². The molecule has 2 aromatic rings. The molecule has 0 radical (unpaired) electrons. The molecule has 0 saturated carbocycles. The molecule has 3 rings (SSSR count). The summed E-state index contributed by atoms with van der Waals surface area (Å²) >= 11 is 0. The fourth-order valence-corrected chi connectivity index (χ4v) is 4.40. The van der Waals surface area contributed by atoms with Crippen LogP contribution in [0.3, 0.4) is 0 Å². The molecule has 29 heavy (non-hydrogen) atoms. The molecule has 0 atom stereocenters. The van der Waals surface area contributed by atoms with Crippen molar-refractivity contribution in [3.63, 3.8) is 0 Å². The molecular formula is C20H27N5O3S. The molecule has 1 amide bonds. The Morgan fingerprint density at radius 1 is 1.21 bits per heavy atom. The van der Waals surface area contributed by atoms with Gasteiger partial charge >= 0.3 is 0 Å². The Morgan fingerprint density at radius 2 is 2.00 bits per heavy atom. The van der Waals surface area contributed by atoms with E-state index in [0.29, 0.717) is 30.3 Å². The second kappa shape index (κ2) is 9.21. The van der Waals surface area contributed by atoms with Crippen molar-refractivity contribution in [1.82, 2.24) is 14.5 Å². The Balaban J connectivity index is 1.40. The van der Waals surface area contributed by atoms with Gasteiger partial charge in [0.25, 0.3) is 10.0 Å². The lowest BCUT2D eigenvalue weighted by atomic mass is 10.2. The van der Waals surface area contributed by atoms with Gasteiger partial charge in [0.2, 0.25) is 5.91 Å². The first-order valence-corrected chi connectivity index (χ1v) is 11.3. The number of fused-ring (bicyclic) bond motifs is 1. The van der Waals surface area contributed by atoms with Crippen molar-refractivity contribution in [3.05, 3.63) is 42.1 Å². The van der Waals surface area contributed by atoms with Crippen LogP contribution in [0.4, 0.5) is 5.82 Å². The average Bonchev–Trinajstić information content (AvgIpc) is 3.19. The number of nitrogens with zero attached hydrogens (tertiary/aromatic N) is 3. The maximum absolute atomic E-state index is 12.1. The second-order valence-electron chi connectivity index (χ2n) is 7.48. The third kappa shape index (κ3) is 5.44. The summed E-state index contributed by atoms with van der Waals surface area (Å²) in [5, 5.41) is 7.14. The summed E-state index contributed by atoms with van der Waals surface area (Å²) in [4.78, 5) is 16.8. The Labute approximate surface area is 171 Å². The number of benzene rings is 1. The summed E-state index contributed by atoms with van der Waals surface area (Å²) < 4.78 is 28.4. The van der Waals surface area contributed by atoms with E-state index in [0.717, 1.165) is 31.6 Å². The smallest absolute Gasteiger partial charge is 0.263 e. The fraction of sp³-hybridized carbons (Fsp3) is 0.450. The molecule has 2 heterocycles. The number of hydrogen-bond acceptors (Lipinski definition) is 5. The number of aliphatic imine (C=N–C) groups is 1. The number of unbranched alkanes of at least 4 members (excludes halogenated alkanes) is 2. The highest BCUT2D eigenvalue weighted by Crippen LogP contribution is 2.22. The predicted molar refractivity (Wildman–Crippen MR) is 112 cm³/mol. The molecular weight excluding hydrogens is 390 g/mol. The zero-order valence-electron chi connectivity index (χ0n) is 16.8. The molecule has 1 aliphatic rings. The van der Waals surface area contributed by atoms with E-state index in [2.05, 4.69) is 34.0 Å². The number of anilines is 1. The molecule has 1 aliphatic heterocycles. The first kappa shape index (κ1) is 21.0. The zero-order valence-corrected chi connectivity index (χ0v) is 17.6. The normalized spacial score (nSPS) is 16.0. The lowest BCUT2D eigenvalue weighted by Gasteiger charge is -2.10. The number of amidine groups is 1. The van der Waals surface area contributed by atoms with Gasteiger partial charge in [-0.25, -0.2) is 13.1 Å². The summed E-state index contributed by atoms with van der Waals surface area (Å²) in [5.74, 6) is 1.54. The van der Waals surface area contributed by atoms with E-state index in [4.69, 9.17) is 0 Å². The van der Waals surface area contributed by atoms with Gasteiger partial charge < -0.3 is 5.32 Å². The van der Waals surface area contributed by atoms with E-state index >= 15 is 0 Å². The molecule has 0 spiro atoms. The molecule has 8 nitrogen and oxygen atoms in total. The molecule has 156 valence electrons. The van der Waals surface area contributed by atoms with Gasteiger partial charge in [-0.2, -0.15) is 5.10 Å². The SMILES string of the molecule is CC(C)Cn1nccc1NC(=O)CCCCCN=C1NS(=O)(=O)c2ccccc21. The molecule has 0 saturated heterocycles. The third-order valence-electron chi connectivity index (χ3n) is 4.52. The molecule has 9 heteroatoms. The van der Waals surface area contributed by atoms with Gasteiger partial charge in [0, 0.05) is 31.1 Å². The molecule has 0 bridgehead atoms. The van der Waals surface area contributed by atoms with Gasteiger partial charge in [0.05, 0.1) is 11.1 Å². The Morgan fingerprint density at radius 3 is 2.79 bits per heavy atom. The topological polar surface area (TPSA) is 105 Å². The molecule has 1 aromatic carbocycles. The van der Waals surface area contributed by atoms with Gasteiger partial charge in [-0.1, -0.05) is 32.4 Å². The van der Waals surface area contributed by atoms with Crippen LogP contribution in [0.5, 0.6) is 0 Å². The van der Waals surface area contributed by atoms with Crippen LogP contribution < -0.4 is 10.0 Å². The number of rotatable bonds is 9. The molecule has 0 unspecified atom stereocenters. The minimum atomic E-state index is -3.49. The van der Waals surface area contributed by atoms with E-state index in [1.54, 1.807) is 41.2 Å². The summed E-state index contributed by atoms with van der Waals surface area (Å²) in [6, 6.07) is 8.62. The van der Waals surface area contributed by atoms with Crippen LogP contribution in [0.15, 0.2) is 46.4 Å². The summed E-state index contributed by atoms with van der Waals surface area (Å²) in [7, 11) is -3.49. The Hall–Kier alpha value is -2.68. The van der Waals surface area contributed by atoms with Crippen molar-refractivity contribution in [2.75, 3.05) is 11.9 Å². The average molecular weight is 418 g/mol. The number of hydrogen-bond donors (Lipinski definition) is 2. The summed E-state index contributed by atoms with van der Waals surface area (Å²) in [5.41, 5.74) is 0.616. The quantitative estimate of drug-likeness (QED) is 0.612. The van der Waals surface area contributed by atoms with Gasteiger partial charge in [-0.15, -0.1) is 0 Å². The van der Waals surface area contributed by atoms with Crippen molar-refractivity contribution in [3.8, 4) is 0 Å². The van der Waals surface area contributed by atoms with Crippen LogP contribution in [0.25, 0.3) is 0 Å². The van der Waals surface area contributed by atoms with Crippen molar-refractivity contribution in [2.45, 2.75) is 51.0 Å². The Kier molecular flexibility index (Phi) is 6.68. The Bertz CT molecular complexity index is 995. The lowest BCUT2D eigenvalue weighted by Crippen LogP contribution is -2.22. The molecule has 0 aliphatic carbocycles. The number of aromatic nitrogens is 2. The molecule has 2 N–H and O–H groups in total. The zero-order chi connectivity index (χ0) is 20.9. The maximum atomic E-state index is 12.1. The molecule has 0 fully saturated rings. The van der Waals surface area contributed by atoms with Gasteiger partial charge in [-0.3, -0.25) is 14.5 Å². The van der Waals surface area contributed by atoms with Crippen molar-refractivity contribution >= 4 is 27.6 Å². The van der Waals surface area contributed by atoms with E-state index < -0.39 is 10.0 Å². The van der Waals surface area contributed by atoms with Gasteiger partial charge in [0.1, 0.15) is 11.7 Å². The van der Waals surface area contributed by atoms with Crippen LogP contribution in [0.1, 0.15) is 45.1 Å². The van der Waals surface area contributed by atoms with E-state index in [1.807, 2.05) is 0 Å². The van der Waals surface area contributed by atoms with Crippen LogP contribution in [-0.4, -0.2) is 36.5 Å². The first-order chi connectivity index (χ1) is 13.9. The van der Waals surface area contributed by atoms with E-state index in [9.17, 15) is 13.2 Å². The van der Waals surface area contributed by atoms with Crippen LogP contribution >= 0.6 is 0 Å². The predicted octanol–water partition coefficient (Wildman–Crippen LogP) is 2.78. The molecule has 1 aromatic heterocycles. The number of sulfonamides is 1. The minimum Gasteiger partial charge on any atom is -0.311 e. The highest BCUT2D eigenvalue weighted by molar-refractivity contribution is 7.90. The minimum absolute atomic E-state index is 0.0284. The van der Waals surface area contributed by atoms with Crippen molar-refractivity contribution < 1.29 is 13.2 Å². The standard InChI is InChI=1S/C20H27N5O3S/c1-15(2)14-25-18(11-13-22-25)23-19(26)10-4-3-7-12-21-20-16-8-5-6-9-17(16)29(27,28)24-20/h5-6,8-9,11,13,15H,3-4,7,10,12,14H2,1-2H3,(H,21,24)(H,23,26). The van der Waals surface area contributed by atoms with Crippen molar-refractivity contribution in [2.24, 2.45) is 10.9 Å². The van der Waals surface area contributed by atoms with Gasteiger partial charge in [-0.05, 0) is 30.9 Å². The highest BCUT2D eigenvalue weighted by Gasteiger charge is 2.29. The van der Waals surface area contributed by atoms with Crippen LogP contribution in [0.2, 0.25) is 0 Å². The summed E-state index contributed by atoms with van der Waals surface area (Å²) in [6.07, 6.45) is 4.48. The largest absolute Gasteiger partial charge is 0.311 e. The van der Waals surface area contributed by atoms with Gasteiger partial charge in [0.15, 0.2) is 0 Å².